The maximum absolute atomic E-state index is 12.8. The van der Waals surface area contributed by atoms with Crippen LogP contribution in [0.15, 0.2) is 47.4 Å². The van der Waals surface area contributed by atoms with E-state index in [0.717, 1.165) is 24.3 Å². The Morgan fingerprint density at radius 3 is 2.57 bits per heavy atom. The Morgan fingerprint density at radius 1 is 1.25 bits per heavy atom. The Bertz CT molecular complexity index is 1040. The van der Waals surface area contributed by atoms with Gasteiger partial charge in [0, 0.05) is 0 Å². The second-order valence-corrected chi connectivity index (χ2v) is 7.70. The molecule has 5 nitrogen and oxygen atoms in total. The second-order valence-electron chi connectivity index (χ2n) is 5.74. The van der Waals surface area contributed by atoms with Crippen molar-refractivity contribution in [2.24, 2.45) is 0 Å². The number of nitrogens with zero attached hydrogens (tertiary/aromatic N) is 1. The fourth-order valence-corrected chi connectivity index (χ4v) is 3.60. The minimum absolute atomic E-state index is 0.0864. The average molecular weight is 411 g/mol. The van der Waals surface area contributed by atoms with E-state index in [1.165, 1.54) is 24.3 Å². The smallest absolute Gasteiger partial charge is 0.416 e. The van der Waals surface area contributed by atoms with Gasteiger partial charge in [0.1, 0.15) is 11.0 Å². The molecule has 0 aromatic heterocycles. The zero-order valence-electron chi connectivity index (χ0n) is 14.7. The minimum Gasteiger partial charge on any atom is -0.504 e. The van der Waals surface area contributed by atoms with Crippen LogP contribution in [0.4, 0.5) is 13.2 Å². The highest BCUT2D eigenvalue weighted by Gasteiger charge is 2.31. The summed E-state index contributed by atoms with van der Waals surface area (Å²) in [7, 11) is -4.19. The number of rotatable bonds is 6. The van der Waals surface area contributed by atoms with Crippen molar-refractivity contribution >= 4 is 15.9 Å². The summed E-state index contributed by atoms with van der Waals surface area (Å²) in [6.45, 7) is 1.96. The third-order valence-corrected chi connectivity index (χ3v) is 5.23. The van der Waals surface area contributed by atoms with Crippen molar-refractivity contribution in [3.05, 3.63) is 64.1 Å². The van der Waals surface area contributed by atoms with E-state index in [0.29, 0.717) is 0 Å². The normalized spacial score (nSPS) is 12.5. The molecule has 0 atom stereocenters. The van der Waals surface area contributed by atoms with Crippen molar-refractivity contribution in [1.29, 1.82) is 5.26 Å². The van der Waals surface area contributed by atoms with Crippen molar-refractivity contribution in [3.63, 3.8) is 0 Å². The van der Waals surface area contributed by atoms with Gasteiger partial charge in [0.15, 0.2) is 21.3 Å². The number of hydrogen-bond acceptors (Lipinski definition) is 5. The van der Waals surface area contributed by atoms with Crippen LogP contribution in [-0.2, 0) is 21.8 Å². The molecule has 0 amide bonds. The highest BCUT2D eigenvalue weighted by molar-refractivity contribution is 7.95. The molecule has 0 saturated carbocycles. The number of nitriles is 1. The molecule has 2 aromatic carbocycles. The van der Waals surface area contributed by atoms with E-state index in [4.69, 9.17) is 4.74 Å². The lowest BCUT2D eigenvalue weighted by Crippen LogP contribution is -2.09. The number of phenolic OH excluding ortho intramolecular Hbond substituents is 1. The number of sulfone groups is 1. The molecule has 28 heavy (non-hydrogen) atoms. The molecule has 0 bridgehead atoms. The number of hydrogen-bond donors (Lipinski definition) is 1. The topological polar surface area (TPSA) is 87.4 Å². The number of ether oxygens (including phenoxy) is 1. The van der Waals surface area contributed by atoms with Gasteiger partial charge in [-0.3, -0.25) is 0 Å². The predicted molar refractivity (Wildman–Crippen MR) is 96.9 cm³/mol. The molecule has 0 radical (unpaired) electrons. The van der Waals surface area contributed by atoms with Crippen molar-refractivity contribution in [2.45, 2.75) is 18.9 Å². The number of allylic oxidation sites excluding steroid dienone is 1. The summed E-state index contributed by atoms with van der Waals surface area (Å²) in [5.41, 5.74) is -0.773. The molecule has 0 unspecified atom stereocenters. The van der Waals surface area contributed by atoms with Gasteiger partial charge in [-0.25, -0.2) is 8.42 Å². The highest BCUT2D eigenvalue weighted by atomic mass is 32.2. The second kappa shape index (κ2) is 8.35. The number of halogens is 3. The van der Waals surface area contributed by atoms with Gasteiger partial charge in [0.25, 0.3) is 0 Å². The van der Waals surface area contributed by atoms with E-state index in [9.17, 15) is 32.0 Å². The summed E-state index contributed by atoms with van der Waals surface area (Å²) in [5, 5.41) is 18.9. The fraction of sp³-hybridized carbons (Fsp3) is 0.211. The summed E-state index contributed by atoms with van der Waals surface area (Å²) in [6.07, 6.45) is -3.53. The molecular formula is C19H16F3NO4S. The molecule has 0 aliphatic carbocycles. The molecule has 2 aromatic rings. The van der Waals surface area contributed by atoms with Gasteiger partial charge in [0.05, 0.1) is 17.9 Å². The van der Waals surface area contributed by atoms with Crippen molar-refractivity contribution < 1.29 is 31.4 Å². The van der Waals surface area contributed by atoms with Gasteiger partial charge in [-0.15, -0.1) is 0 Å². The van der Waals surface area contributed by atoms with Crippen LogP contribution >= 0.6 is 0 Å². The van der Waals surface area contributed by atoms with Gasteiger partial charge in [0.2, 0.25) is 0 Å². The number of phenols is 1. The Hall–Kier alpha value is -2.99. The summed E-state index contributed by atoms with van der Waals surface area (Å²) in [4.78, 5) is -0.613. The number of aromatic hydroxyl groups is 1. The first kappa shape index (κ1) is 21.3. The lowest BCUT2D eigenvalue weighted by atomic mass is 10.1. The SMILES string of the molecule is CCOc1cc(/C=C(\C#N)S(=O)(=O)Cc2cccc(C(F)(F)F)c2)ccc1O. The number of benzene rings is 2. The Kier molecular flexibility index (Phi) is 6.36. The molecule has 0 aliphatic rings. The third-order valence-electron chi connectivity index (χ3n) is 3.64. The standard InChI is InChI=1S/C19H16F3NO4S/c1-2-27-18-10-13(6-7-17(18)24)9-16(11-23)28(25,26)12-14-4-3-5-15(8-14)19(20,21)22/h3-10,24H,2,12H2,1H3/b16-9+. The van der Waals surface area contributed by atoms with Crippen molar-refractivity contribution in [3.8, 4) is 17.6 Å². The maximum atomic E-state index is 12.8. The largest absolute Gasteiger partial charge is 0.504 e. The Labute approximate surface area is 160 Å². The maximum Gasteiger partial charge on any atom is 0.416 e. The minimum atomic E-state index is -4.60. The average Bonchev–Trinajstić information content (AvgIpc) is 2.61. The Balaban J connectivity index is 2.37. The molecular weight excluding hydrogens is 395 g/mol. The fourth-order valence-electron chi connectivity index (χ4n) is 2.37. The summed E-state index contributed by atoms with van der Waals surface area (Å²) >= 11 is 0. The molecule has 0 aliphatic heterocycles. The van der Waals surface area contributed by atoms with Crippen molar-refractivity contribution in [1.82, 2.24) is 0 Å². The summed E-state index contributed by atoms with van der Waals surface area (Å²) in [6, 6.07) is 9.52. The van der Waals surface area contributed by atoms with Gasteiger partial charge >= 0.3 is 6.18 Å². The van der Waals surface area contributed by atoms with E-state index in [1.54, 1.807) is 13.0 Å². The van der Waals surface area contributed by atoms with E-state index in [1.807, 2.05) is 0 Å². The van der Waals surface area contributed by atoms with Crippen LogP contribution in [0.1, 0.15) is 23.6 Å². The highest BCUT2D eigenvalue weighted by Crippen LogP contribution is 2.31. The first-order chi connectivity index (χ1) is 13.1. The van der Waals surface area contributed by atoms with Crippen LogP contribution in [0.3, 0.4) is 0 Å². The van der Waals surface area contributed by atoms with E-state index in [2.05, 4.69) is 0 Å². The lowest BCUT2D eigenvalue weighted by molar-refractivity contribution is -0.137. The van der Waals surface area contributed by atoms with Crippen LogP contribution in [0.25, 0.3) is 6.08 Å². The van der Waals surface area contributed by atoms with E-state index < -0.39 is 32.2 Å². The van der Waals surface area contributed by atoms with E-state index in [-0.39, 0.29) is 29.2 Å². The molecule has 1 N–H and O–H groups in total. The van der Waals surface area contributed by atoms with Gasteiger partial charge in [-0.1, -0.05) is 24.3 Å². The lowest BCUT2D eigenvalue weighted by Gasteiger charge is -2.09. The Morgan fingerprint density at radius 2 is 1.96 bits per heavy atom. The number of alkyl halides is 3. The van der Waals surface area contributed by atoms with Crippen LogP contribution in [0.5, 0.6) is 11.5 Å². The van der Waals surface area contributed by atoms with E-state index >= 15 is 0 Å². The zero-order chi connectivity index (χ0) is 20.9. The molecule has 0 heterocycles. The van der Waals surface area contributed by atoms with Crippen molar-refractivity contribution in [2.75, 3.05) is 6.61 Å². The zero-order valence-corrected chi connectivity index (χ0v) is 15.5. The quantitative estimate of drug-likeness (QED) is 0.717. The molecule has 9 heteroatoms. The monoisotopic (exact) mass is 411 g/mol. The predicted octanol–water partition coefficient (Wildman–Crippen LogP) is 4.29. The van der Waals surface area contributed by atoms with Crippen LogP contribution in [-0.4, -0.2) is 20.1 Å². The molecule has 2 rings (SSSR count). The third kappa shape index (κ3) is 5.27. The van der Waals surface area contributed by atoms with Gasteiger partial charge in [-0.2, -0.15) is 18.4 Å². The van der Waals surface area contributed by atoms with Crippen LogP contribution in [0.2, 0.25) is 0 Å². The molecule has 0 fully saturated rings. The molecule has 148 valence electrons. The summed E-state index contributed by atoms with van der Waals surface area (Å²) < 4.78 is 68.6. The molecule has 0 spiro atoms. The van der Waals surface area contributed by atoms with Gasteiger partial charge in [-0.05, 0) is 42.3 Å². The van der Waals surface area contributed by atoms with Crippen LogP contribution < -0.4 is 4.74 Å². The first-order valence-corrected chi connectivity index (χ1v) is 9.68. The molecule has 0 saturated heterocycles. The van der Waals surface area contributed by atoms with Crippen LogP contribution in [0, 0.1) is 11.3 Å². The first-order valence-electron chi connectivity index (χ1n) is 8.03. The summed E-state index contributed by atoms with van der Waals surface area (Å²) in [5.74, 6) is -0.791. The van der Waals surface area contributed by atoms with Gasteiger partial charge < -0.3 is 9.84 Å².